The molecule has 1 rings (SSSR count). The fourth-order valence-corrected chi connectivity index (χ4v) is 2.70. The van der Waals surface area contributed by atoms with Crippen molar-refractivity contribution in [2.75, 3.05) is 19.8 Å². The van der Waals surface area contributed by atoms with Crippen LogP contribution in [0.4, 0.5) is 0 Å². The number of nitrogens with one attached hydrogen (secondary N) is 1. The van der Waals surface area contributed by atoms with Gasteiger partial charge in [-0.1, -0.05) is 33.6 Å². The third kappa shape index (κ3) is 8.61. The summed E-state index contributed by atoms with van der Waals surface area (Å²) in [5.41, 5.74) is 0. The van der Waals surface area contributed by atoms with E-state index >= 15 is 0 Å². The molecule has 0 saturated heterocycles. The molecule has 1 fully saturated rings. The summed E-state index contributed by atoms with van der Waals surface area (Å²) in [5, 5.41) is 3.62. The summed E-state index contributed by atoms with van der Waals surface area (Å²) in [6.07, 6.45) is 9.06. The third-order valence-electron chi connectivity index (χ3n) is 3.72. The third-order valence-corrected chi connectivity index (χ3v) is 3.72. The predicted octanol–water partition coefficient (Wildman–Crippen LogP) is 3.52. The van der Waals surface area contributed by atoms with E-state index in [1.165, 1.54) is 44.9 Å². The second-order valence-corrected chi connectivity index (χ2v) is 5.99. The van der Waals surface area contributed by atoms with E-state index in [1.807, 2.05) is 0 Å². The van der Waals surface area contributed by atoms with Crippen LogP contribution >= 0.6 is 0 Å². The molecule has 1 aliphatic carbocycles. The summed E-state index contributed by atoms with van der Waals surface area (Å²) < 4.78 is 11.5. The van der Waals surface area contributed by atoms with Crippen LogP contribution in [-0.2, 0) is 9.47 Å². The number of hydrogen-bond acceptors (Lipinski definition) is 3. The molecule has 0 aliphatic heterocycles. The average Bonchev–Trinajstić information content (AvgIpc) is 2.39. The molecule has 0 radical (unpaired) electrons. The topological polar surface area (TPSA) is 30.5 Å². The van der Waals surface area contributed by atoms with E-state index in [9.17, 15) is 0 Å². The largest absolute Gasteiger partial charge is 0.379 e. The normalized spacial score (nSPS) is 24.0. The van der Waals surface area contributed by atoms with Gasteiger partial charge in [-0.25, -0.2) is 0 Å². The second kappa shape index (κ2) is 10.6. The Morgan fingerprint density at radius 1 is 1.00 bits per heavy atom. The van der Waals surface area contributed by atoms with Gasteiger partial charge < -0.3 is 14.8 Å². The van der Waals surface area contributed by atoms with E-state index in [0.717, 1.165) is 19.8 Å². The molecule has 0 bridgehead atoms. The van der Waals surface area contributed by atoms with Gasteiger partial charge in [-0.2, -0.15) is 0 Å². The minimum Gasteiger partial charge on any atom is -0.379 e. The Kier molecular flexibility index (Phi) is 9.48. The van der Waals surface area contributed by atoms with Gasteiger partial charge in [0, 0.05) is 18.7 Å². The van der Waals surface area contributed by atoms with Crippen LogP contribution in [0.1, 0.15) is 65.7 Å². The lowest BCUT2D eigenvalue weighted by molar-refractivity contribution is -0.0143. The van der Waals surface area contributed by atoms with Crippen molar-refractivity contribution in [2.45, 2.75) is 83.9 Å². The van der Waals surface area contributed by atoms with Gasteiger partial charge in [0.05, 0.1) is 19.3 Å². The quantitative estimate of drug-likeness (QED) is 0.617. The Labute approximate surface area is 119 Å². The van der Waals surface area contributed by atoms with Crippen molar-refractivity contribution in [1.82, 2.24) is 5.32 Å². The van der Waals surface area contributed by atoms with Gasteiger partial charge in [0.1, 0.15) is 0 Å². The first-order valence-electron chi connectivity index (χ1n) is 8.17. The van der Waals surface area contributed by atoms with Gasteiger partial charge in [0.15, 0.2) is 0 Å². The molecule has 0 spiro atoms. The van der Waals surface area contributed by atoms with Gasteiger partial charge in [-0.05, 0) is 32.1 Å². The van der Waals surface area contributed by atoms with Crippen LogP contribution in [-0.4, -0.2) is 38.0 Å². The van der Waals surface area contributed by atoms with E-state index in [1.54, 1.807) is 0 Å². The molecule has 0 unspecified atom stereocenters. The molecule has 3 nitrogen and oxygen atoms in total. The number of ether oxygens (including phenoxy) is 2. The SMILES string of the molecule is CCCCCOCCO[C@H]1CC[C@H](NC(C)C)CC1. The molecule has 0 atom stereocenters. The molecule has 0 aromatic carbocycles. The molecule has 0 heterocycles. The summed E-state index contributed by atoms with van der Waals surface area (Å²) >= 11 is 0. The van der Waals surface area contributed by atoms with Crippen molar-refractivity contribution in [3.8, 4) is 0 Å². The van der Waals surface area contributed by atoms with E-state index < -0.39 is 0 Å². The Morgan fingerprint density at radius 2 is 1.74 bits per heavy atom. The Bertz CT molecular complexity index is 201. The van der Waals surface area contributed by atoms with Gasteiger partial charge in [-0.3, -0.25) is 0 Å². The lowest BCUT2D eigenvalue weighted by Crippen LogP contribution is -2.39. The van der Waals surface area contributed by atoms with Crippen LogP contribution in [0.25, 0.3) is 0 Å². The van der Waals surface area contributed by atoms with E-state index in [-0.39, 0.29) is 0 Å². The van der Waals surface area contributed by atoms with Gasteiger partial charge in [0.25, 0.3) is 0 Å². The first-order valence-corrected chi connectivity index (χ1v) is 8.17. The molecular formula is C16H33NO2. The Hall–Kier alpha value is -0.120. The van der Waals surface area contributed by atoms with Crippen molar-refractivity contribution in [2.24, 2.45) is 0 Å². The fourth-order valence-electron chi connectivity index (χ4n) is 2.70. The summed E-state index contributed by atoms with van der Waals surface area (Å²) in [6.45, 7) is 9.07. The van der Waals surface area contributed by atoms with Crippen molar-refractivity contribution >= 4 is 0 Å². The smallest absolute Gasteiger partial charge is 0.0704 e. The molecule has 3 heteroatoms. The molecule has 0 aromatic rings. The first kappa shape index (κ1) is 16.9. The maximum absolute atomic E-state index is 5.89. The minimum absolute atomic E-state index is 0.462. The van der Waals surface area contributed by atoms with Crippen LogP contribution in [0.5, 0.6) is 0 Å². The summed E-state index contributed by atoms with van der Waals surface area (Å²) in [4.78, 5) is 0. The van der Waals surface area contributed by atoms with Crippen molar-refractivity contribution in [1.29, 1.82) is 0 Å². The maximum Gasteiger partial charge on any atom is 0.0704 e. The zero-order chi connectivity index (χ0) is 13.9. The highest BCUT2D eigenvalue weighted by Gasteiger charge is 2.21. The fraction of sp³-hybridized carbons (Fsp3) is 1.00. The standard InChI is InChI=1S/C16H33NO2/c1-4-5-6-11-18-12-13-19-16-9-7-15(8-10-16)17-14(2)3/h14-17H,4-13H2,1-3H3/t15-,16-. The summed E-state index contributed by atoms with van der Waals surface area (Å²) in [5.74, 6) is 0. The van der Waals surface area contributed by atoms with Crippen LogP contribution in [0.3, 0.4) is 0 Å². The van der Waals surface area contributed by atoms with Crippen LogP contribution in [0.15, 0.2) is 0 Å². The van der Waals surface area contributed by atoms with Gasteiger partial charge in [0.2, 0.25) is 0 Å². The first-order chi connectivity index (χ1) is 9.22. The van der Waals surface area contributed by atoms with Crippen molar-refractivity contribution in [3.05, 3.63) is 0 Å². The zero-order valence-electron chi connectivity index (χ0n) is 13.1. The van der Waals surface area contributed by atoms with Crippen LogP contribution in [0.2, 0.25) is 0 Å². The number of hydrogen-bond donors (Lipinski definition) is 1. The highest BCUT2D eigenvalue weighted by atomic mass is 16.5. The average molecular weight is 271 g/mol. The Balaban J connectivity index is 1.92. The number of unbranched alkanes of at least 4 members (excludes halogenated alkanes) is 2. The van der Waals surface area contributed by atoms with Crippen LogP contribution < -0.4 is 5.32 Å². The van der Waals surface area contributed by atoms with Gasteiger partial charge >= 0.3 is 0 Å². The molecule has 1 aliphatic rings. The van der Waals surface area contributed by atoms with E-state index in [4.69, 9.17) is 9.47 Å². The van der Waals surface area contributed by atoms with E-state index in [0.29, 0.717) is 18.2 Å². The molecule has 0 aromatic heterocycles. The molecule has 0 amide bonds. The summed E-state index contributed by atoms with van der Waals surface area (Å²) in [7, 11) is 0. The highest BCUT2D eigenvalue weighted by Crippen LogP contribution is 2.21. The molecule has 19 heavy (non-hydrogen) atoms. The Morgan fingerprint density at radius 3 is 2.37 bits per heavy atom. The van der Waals surface area contributed by atoms with E-state index in [2.05, 4.69) is 26.1 Å². The number of rotatable bonds is 10. The molecular weight excluding hydrogens is 238 g/mol. The van der Waals surface area contributed by atoms with Crippen LogP contribution in [0, 0.1) is 0 Å². The summed E-state index contributed by atoms with van der Waals surface area (Å²) in [6, 6.07) is 1.30. The zero-order valence-corrected chi connectivity index (χ0v) is 13.1. The predicted molar refractivity (Wildman–Crippen MR) is 80.6 cm³/mol. The second-order valence-electron chi connectivity index (χ2n) is 5.99. The molecule has 114 valence electrons. The lowest BCUT2D eigenvalue weighted by atomic mass is 9.92. The van der Waals surface area contributed by atoms with Crippen molar-refractivity contribution < 1.29 is 9.47 Å². The molecule has 1 saturated carbocycles. The maximum atomic E-state index is 5.89. The minimum atomic E-state index is 0.462. The van der Waals surface area contributed by atoms with Crippen molar-refractivity contribution in [3.63, 3.8) is 0 Å². The molecule has 1 N–H and O–H groups in total. The van der Waals surface area contributed by atoms with Gasteiger partial charge in [-0.15, -0.1) is 0 Å². The highest BCUT2D eigenvalue weighted by molar-refractivity contribution is 4.78. The lowest BCUT2D eigenvalue weighted by Gasteiger charge is -2.30. The monoisotopic (exact) mass is 271 g/mol.